The second kappa shape index (κ2) is 5.09. The first-order valence-corrected chi connectivity index (χ1v) is 1.51. The van der Waals surface area contributed by atoms with Gasteiger partial charge in [-0.05, 0) is 6.92 Å². The van der Waals surface area contributed by atoms with E-state index in [1.165, 1.54) is 0 Å². The molecule has 0 aliphatic carbocycles. The average Bonchev–Trinajstić information content (AvgIpc) is 1.38. The smallest absolute Gasteiger partial charge is 0.339 e. The molecule has 0 heterocycles. The van der Waals surface area contributed by atoms with Crippen LogP contribution in [0.3, 0.4) is 0 Å². The zero-order valence-corrected chi connectivity index (χ0v) is 6.78. The molecular weight excluding hydrogens is 133 g/mol. The molecule has 0 amide bonds. The summed E-state index contributed by atoms with van der Waals surface area (Å²) in [6.07, 6.45) is 0.333. The molecule has 0 aromatic carbocycles. The van der Waals surface area contributed by atoms with Crippen LogP contribution >= 0.6 is 0 Å². The molecule has 3 heteroatoms. The van der Waals surface area contributed by atoms with E-state index in [1.807, 2.05) is 0 Å². The Morgan fingerprint density at radius 1 is 1.83 bits per heavy atom. The topological polar surface area (TPSA) is 41.6 Å². The Labute approximate surface area is 49.3 Å². The van der Waals surface area contributed by atoms with E-state index >= 15 is 0 Å². The van der Waals surface area contributed by atoms with Crippen molar-refractivity contribution in [3.8, 4) is 0 Å². The van der Waals surface area contributed by atoms with Gasteiger partial charge < -0.3 is 9.90 Å². The minimum absolute atomic E-state index is 0. The molecule has 2 nitrogen and oxygen atoms in total. The molecule has 0 spiro atoms. The molecule has 0 radical (unpaired) electrons. The third-order valence-electron chi connectivity index (χ3n) is 0.316. The maximum atomic E-state index is 7.83. The molecular formula is C3H7O2Zn+. The van der Waals surface area contributed by atoms with E-state index in [9.17, 15) is 0 Å². The standard InChI is InChI=1S/C3H6O2.Zn/c1-2-3(4)5;/h2H2,1H3,(H,4,5);/p+1. The van der Waals surface area contributed by atoms with Gasteiger partial charge >= 0.3 is 5.97 Å². The second-order valence-corrected chi connectivity index (χ2v) is 0.770. The van der Waals surface area contributed by atoms with E-state index in [-0.39, 0.29) is 19.5 Å². The molecule has 0 atom stereocenters. The molecule has 0 unspecified atom stereocenters. The van der Waals surface area contributed by atoms with Gasteiger partial charge in [0.25, 0.3) is 0 Å². The summed E-state index contributed by atoms with van der Waals surface area (Å²) in [5.74, 6) is -0.495. The number of aliphatic hydroxyl groups excluding tert-OH is 1. The van der Waals surface area contributed by atoms with Crippen LogP contribution in [0.5, 0.6) is 0 Å². The summed E-state index contributed by atoms with van der Waals surface area (Å²) in [6, 6.07) is 0. The van der Waals surface area contributed by atoms with E-state index in [0.29, 0.717) is 6.42 Å². The van der Waals surface area contributed by atoms with E-state index in [1.54, 1.807) is 6.92 Å². The number of carboxylic acids is 1. The van der Waals surface area contributed by atoms with Crippen LogP contribution in [-0.2, 0) is 19.5 Å². The maximum absolute atomic E-state index is 7.83. The van der Waals surface area contributed by atoms with Gasteiger partial charge in [0.15, 0.2) is 0 Å². The van der Waals surface area contributed by atoms with Gasteiger partial charge in [0.1, 0.15) is 0 Å². The first kappa shape index (κ1) is 9.43. The monoisotopic (exact) mass is 139 g/mol. The van der Waals surface area contributed by atoms with Crippen LogP contribution in [0.2, 0.25) is 0 Å². The molecule has 0 bridgehead atoms. The summed E-state index contributed by atoms with van der Waals surface area (Å²) < 4.78 is 0. The molecule has 0 aliphatic rings. The Balaban J connectivity index is 0. The molecule has 0 fully saturated rings. The number of aliphatic carboxylic acids is 1. The van der Waals surface area contributed by atoms with Gasteiger partial charge in [-0.15, -0.1) is 0 Å². The van der Waals surface area contributed by atoms with Gasteiger partial charge in [0.05, 0.1) is 6.42 Å². The molecule has 0 saturated carbocycles. The maximum Gasteiger partial charge on any atom is 0.480 e. The first-order valence-electron chi connectivity index (χ1n) is 1.51. The van der Waals surface area contributed by atoms with E-state index in [2.05, 4.69) is 0 Å². The van der Waals surface area contributed by atoms with Crippen molar-refractivity contribution < 1.29 is 29.4 Å². The summed E-state index contributed by atoms with van der Waals surface area (Å²) in [6.45, 7) is 1.66. The van der Waals surface area contributed by atoms with Crippen LogP contribution in [0.4, 0.5) is 0 Å². The number of rotatable bonds is 1. The van der Waals surface area contributed by atoms with Crippen LogP contribution in [0, 0.1) is 0 Å². The molecule has 0 rings (SSSR count). The van der Waals surface area contributed by atoms with Crippen LogP contribution < -0.4 is 0 Å². The van der Waals surface area contributed by atoms with Gasteiger partial charge in [-0.3, -0.25) is 0 Å². The number of carboxylic acid groups (broad SMARTS) is 1. The largest absolute Gasteiger partial charge is 0.480 e. The van der Waals surface area contributed by atoms with Crippen molar-refractivity contribution in [3.05, 3.63) is 0 Å². The van der Waals surface area contributed by atoms with Crippen LogP contribution in [0.25, 0.3) is 0 Å². The molecule has 0 aromatic heterocycles. The quantitative estimate of drug-likeness (QED) is 0.417. The minimum Gasteiger partial charge on any atom is -0.339 e. The van der Waals surface area contributed by atoms with Crippen molar-refractivity contribution in [2.24, 2.45) is 0 Å². The summed E-state index contributed by atoms with van der Waals surface area (Å²) >= 11 is 0. The van der Waals surface area contributed by atoms with Crippen LogP contribution in [0.1, 0.15) is 13.3 Å². The Bertz CT molecular complexity index is 44.1. The summed E-state index contributed by atoms with van der Waals surface area (Å²) in [5.41, 5.74) is 0. The predicted octanol–water partition coefficient (Wildman–Crippen LogP) is 0.454. The van der Waals surface area contributed by atoms with Gasteiger partial charge in [0.2, 0.25) is 0 Å². The molecule has 0 aliphatic heterocycles. The van der Waals surface area contributed by atoms with Gasteiger partial charge in [-0.2, -0.15) is 0 Å². The molecule has 6 heavy (non-hydrogen) atoms. The number of hydrogen-bond donors (Lipinski definition) is 1. The summed E-state index contributed by atoms with van der Waals surface area (Å²) in [4.78, 5) is 7.83. The fraction of sp³-hybridized carbons (Fsp3) is 0.667. The minimum atomic E-state index is -0.495. The zero-order valence-electron chi connectivity index (χ0n) is 3.81. The first-order chi connectivity index (χ1) is 2.27. The molecule has 2 N–H and O–H groups in total. The Morgan fingerprint density at radius 3 is 2.00 bits per heavy atom. The number of hydrogen-bond acceptors (Lipinski definition) is 0. The third kappa shape index (κ3) is 8.94. The normalized spacial score (nSPS) is 6.17. The average molecular weight is 140 g/mol. The third-order valence-corrected chi connectivity index (χ3v) is 0.316. The van der Waals surface area contributed by atoms with E-state index in [0.717, 1.165) is 0 Å². The van der Waals surface area contributed by atoms with Gasteiger partial charge in [0, 0.05) is 19.5 Å². The Hall–Kier alpha value is 0.0934. The van der Waals surface area contributed by atoms with Crippen LogP contribution in [-0.4, -0.2) is 15.9 Å². The van der Waals surface area contributed by atoms with Crippen molar-refractivity contribution in [3.63, 3.8) is 0 Å². The summed E-state index contributed by atoms with van der Waals surface area (Å²) in [7, 11) is 0. The van der Waals surface area contributed by atoms with Crippen molar-refractivity contribution in [1.82, 2.24) is 0 Å². The summed E-state index contributed by atoms with van der Waals surface area (Å²) in [5, 5.41) is 7.83. The van der Waals surface area contributed by atoms with Crippen LogP contribution in [0.15, 0.2) is 0 Å². The van der Waals surface area contributed by atoms with Crippen molar-refractivity contribution in [2.75, 3.05) is 0 Å². The SMILES string of the molecule is CCC(O)=[OH+].[Zn]. The fourth-order valence-electron chi connectivity index (χ4n) is 0. The molecule has 0 aromatic rings. The van der Waals surface area contributed by atoms with Crippen molar-refractivity contribution in [1.29, 1.82) is 0 Å². The fourth-order valence-corrected chi connectivity index (χ4v) is 0. The Kier molecular flexibility index (Phi) is 8.01. The van der Waals surface area contributed by atoms with Gasteiger partial charge in [-0.1, -0.05) is 0 Å². The van der Waals surface area contributed by atoms with E-state index in [4.69, 9.17) is 9.90 Å². The molecule has 0 saturated heterocycles. The van der Waals surface area contributed by atoms with Crippen molar-refractivity contribution in [2.45, 2.75) is 13.3 Å². The zero-order chi connectivity index (χ0) is 4.28. The molecule has 32 valence electrons. The Morgan fingerprint density at radius 2 is 2.00 bits per heavy atom. The van der Waals surface area contributed by atoms with Crippen molar-refractivity contribution >= 4 is 5.97 Å². The van der Waals surface area contributed by atoms with E-state index < -0.39 is 5.97 Å². The second-order valence-electron chi connectivity index (χ2n) is 0.770. The van der Waals surface area contributed by atoms with Gasteiger partial charge in [-0.25, -0.2) is 0 Å². The predicted molar refractivity (Wildman–Crippen MR) is 19.9 cm³/mol.